The highest BCUT2D eigenvalue weighted by molar-refractivity contribution is 9.10. The van der Waals surface area contributed by atoms with Crippen LogP contribution in [0.15, 0.2) is 33.2 Å². The van der Waals surface area contributed by atoms with E-state index in [1.807, 2.05) is 18.2 Å². The Balaban J connectivity index is 1.88. The second-order valence-electron chi connectivity index (χ2n) is 4.95. The Morgan fingerprint density at radius 2 is 2.26 bits per heavy atom. The van der Waals surface area contributed by atoms with Crippen molar-refractivity contribution in [2.45, 2.75) is 18.9 Å². The molecule has 2 N–H and O–H groups in total. The first-order valence-corrected chi connectivity index (χ1v) is 7.17. The summed E-state index contributed by atoms with van der Waals surface area (Å²) >= 11 is 3.39. The SMILES string of the molecule is NC1CCCN(C(=O)c2cc3ccc(Br)cc3o2)C1. The van der Waals surface area contributed by atoms with Gasteiger partial charge in [0.15, 0.2) is 5.76 Å². The van der Waals surface area contributed by atoms with Crippen molar-refractivity contribution in [3.05, 3.63) is 34.5 Å². The summed E-state index contributed by atoms with van der Waals surface area (Å²) in [6.45, 7) is 1.37. The third kappa shape index (κ3) is 2.53. The molecule has 1 aliphatic rings. The number of amides is 1. The van der Waals surface area contributed by atoms with Gasteiger partial charge >= 0.3 is 0 Å². The maximum Gasteiger partial charge on any atom is 0.289 e. The summed E-state index contributed by atoms with van der Waals surface area (Å²) in [6, 6.07) is 7.61. The number of hydrogen-bond donors (Lipinski definition) is 1. The highest BCUT2D eigenvalue weighted by Crippen LogP contribution is 2.24. The van der Waals surface area contributed by atoms with Crippen LogP contribution < -0.4 is 5.73 Å². The number of likely N-dealkylation sites (tertiary alicyclic amines) is 1. The van der Waals surface area contributed by atoms with Crippen molar-refractivity contribution in [2.75, 3.05) is 13.1 Å². The lowest BCUT2D eigenvalue weighted by Crippen LogP contribution is -2.45. The molecule has 1 atom stereocenters. The van der Waals surface area contributed by atoms with Gasteiger partial charge in [0.05, 0.1) is 0 Å². The third-order valence-electron chi connectivity index (χ3n) is 3.44. The minimum absolute atomic E-state index is 0.0672. The van der Waals surface area contributed by atoms with Crippen molar-refractivity contribution in [3.63, 3.8) is 0 Å². The van der Waals surface area contributed by atoms with E-state index in [4.69, 9.17) is 10.2 Å². The van der Waals surface area contributed by atoms with E-state index >= 15 is 0 Å². The molecule has 3 rings (SSSR count). The number of halogens is 1. The maximum absolute atomic E-state index is 12.4. The summed E-state index contributed by atoms with van der Waals surface area (Å²) in [6.07, 6.45) is 1.94. The van der Waals surface area contributed by atoms with Crippen LogP contribution in [-0.4, -0.2) is 29.9 Å². The monoisotopic (exact) mass is 322 g/mol. The zero-order valence-electron chi connectivity index (χ0n) is 10.4. The number of nitrogens with two attached hydrogens (primary N) is 1. The van der Waals surface area contributed by atoms with Crippen LogP contribution in [0.25, 0.3) is 11.0 Å². The third-order valence-corrected chi connectivity index (χ3v) is 3.93. The van der Waals surface area contributed by atoms with E-state index in [1.54, 1.807) is 11.0 Å². The molecule has 2 aromatic rings. The molecule has 1 unspecified atom stereocenters. The smallest absolute Gasteiger partial charge is 0.289 e. The first-order chi connectivity index (χ1) is 9.13. The Morgan fingerprint density at radius 1 is 1.42 bits per heavy atom. The number of rotatable bonds is 1. The Kier molecular flexibility index (Phi) is 3.33. The van der Waals surface area contributed by atoms with Crippen molar-refractivity contribution in [1.29, 1.82) is 0 Å². The average Bonchev–Trinajstić information content (AvgIpc) is 2.80. The van der Waals surface area contributed by atoms with Gasteiger partial charge in [-0.15, -0.1) is 0 Å². The first kappa shape index (κ1) is 12.7. The van der Waals surface area contributed by atoms with Gasteiger partial charge in [0.1, 0.15) is 5.58 Å². The molecule has 1 fully saturated rings. The number of fused-ring (bicyclic) bond motifs is 1. The second kappa shape index (κ2) is 4.98. The van der Waals surface area contributed by atoms with Gasteiger partial charge in [0.25, 0.3) is 5.91 Å². The molecule has 0 radical (unpaired) electrons. The first-order valence-electron chi connectivity index (χ1n) is 6.37. The Bertz CT molecular complexity index is 623. The topological polar surface area (TPSA) is 59.5 Å². The van der Waals surface area contributed by atoms with E-state index in [9.17, 15) is 4.79 Å². The largest absolute Gasteiger partial charge is 0.451 e. The molecule has 1 amide bonds. The van der Waals surface area contributed by atoms with Crippen LogP contribution in [0.2, 0.25) is 0 Å². The van der Waals surface area contributed by atoms with Crippen LogP contribution in [0.4, 0.5) is 0 Å². The molecule has 1 saturated heterocycles. The summed E-state index contributed by atoms with van der Waals surface area (Å²) in [4.78, 5) is 14.1. The predicted molar refractivity (Wildman–Crippen MR) is 77.0 cm³/mol. The molecule has 1 aromatic heterocycles. The van der Waals surface area contributed by atoms with E-state index in [-0.39, 0.29) is 11.9 Å². The van der Waals surface area contributed by atoms with Crippen molar-refractivity contribution >= 4 is 32.8 Å². The van der Waals surface area contributed by atoms with Crippen LogP contribution in [0.1, 0.15) is 23.4 Å². The summed E-state index contributed by atoms with van der Waals surface area (Å²) < 4.78 is 6.58. The average molecular weight is 323 g/mol. The fraction of sp³-hybridized carbons (Fsp3) is 0.357. The quantitative estimate of drug-likeness (QED) is 0.878. The van der Waals surface area contributed by atoms with E-state index in [0.717, 1.165) is 34.8 Å². The lowest BCUT2D eigenvalue weighted by atomic mass is 10.1. The highest BCUT2D eigenvalue weighted by atomic mass is 79.9. The summed E-state index contributed by atoms with van der Waals surface area (Å²) in [5, 5.41) is 0.938. The molecule has 0 spiro atoms. The fourth-order valence-corrected chi connectivity index (χ4v) is 2.80. The molecule has 0 saturated carbocycles. The van der Waals surface area contributed by atoms with E-state index < -0.39 is 0 Å². The number of furan rings is 1. The predicted octanol–water partition coefficient (Wildman–Crippen LogP) is 2.76. The minimum atomic E-state index is -0.0672. The number of carbonyl (C=O) groups is 1. The molecule has 100 valence electrons. The van der Waals surface area contributed by atoms with Crippen LogP contribution >= 0.6 is 15.9 Å². The Hall–Kier alpha value is -1.33. The molecule has 4 nitrogen and oxygen atoms in total. The summed E-state index contributed by atoms with van der Waals surface area (Å²) in [7, 11) is 0. The molecule has 0 aliphatic carbocycles. The van der Waals surface area contributed by atoms with Crippen LogP contribution in [0, 0.1) is 0 Å². The summed E-state index contributed by atoms with van der Waals surface area (Å²) in [5.74, 6) is 0.324. The van der Waals surface area contributed by atoms with Crippen LogP contribution in [0.3, 0.4) is 0 Å². The highest BCUT2D eigenvalue weighted by Gasteiger charge is 2.24. The van der Waals surface area contributed by atoms with Gasteiger partial charge in [0.2, 0.25) is 0 Å². The maximum atomic E-state index is 12.4. The van der Waals surface area contributed by atoms with Gasteiger partial charge in [0, 0.05) is 29.0 Å². The molecule has 5 heteroatoms. The number of piperidine rings is 1. The number of hydrogen-bond acceptors (Lipinski definition) is 3. The van der Waals surface area contributed by atoms with Crippen molar-refractivity contribution in [2.24, 2.45) is 5.73 Å². The lowest BCUT2D eigenvalue weighted by Gasteiger charge is -2.29. The molecule has 1 aromatic carbocycles. The lowest BCUT2D eigenvalue weighted by molar-refractivity contribution is 0.0679. The number of benzene rings is 1. The molecule has 0 bridgehead atoms. The number of nitrogens with zero attached hydrogens (tertiary/aromatic N) is 1. The molecule has 2 heterocycles. The van der Waals surface area contributed by atoms with Gasteiger partial charge in [-0.25, -0.2) is 0 Å². The van der Waals surface area contributed by atoms with E-state index in [2.05, 4.69) is 15.9 Å². The standard InChI is InChI=1S/C14H15BrN2O2/c15-10-4-3-9-6-13(19-12(9)7-10)14(18)17-5-1-2-11(16)8-17/h3-4,6-7,11H,1-2,5,8,16H2. The van der Waals surface area contributed by atoms with Gasteiger partial charge in [-0.3, -0.25) is 4.79 Å². The zero-order valence-corrected chi connectivity index (χ0v) is 12.0. The Labute approximate surface area is 119 Å². The van der Waals surface area contributed by atoms with E-state index in [0.29, 0.717) is 12.3 Å². The normalized spacial score (nSPS) is 19.9. The van der Waals surface area contributed by atoms with Crippen molar-refractivity contribution in [3.8, 4) is 0 Å². The van der Waals surface area contributed by atoms with Crippen LogP contribution in [0.5, 0.6) is 0 Å². The van der Waals surface area contributed by atoms with Gasteiger partial charge in [-0.2, -0.15) is 0 Å². The van der Waals surface area contributed by atoms with E-state index in [1.165, 1.54) is 0 Å². The molecule has 1 aliphatic heterocycles. The fourth-order valence-electron chi connectivity index (χ4n) is 2.46. The Morgan fingerprint density at radius 3 is 3.05 bits per heavy atom. The van der Waals surface area contributed by atoms with Crippen LogP contribution in [-0.2, 0) is 0 Å². The molecule has 19 heavy (non-hydrogen) atoms. The number of carbonyl (C=O) groups excluding carboxylic acids is 1. The second-order valence-corrected chi connectivity index (χ2v) is 5.86. The summed E-state index contributed by atoms with van der Waals surface area (Å²) in [5.41, 5.74) is 6.63. The van der Waals surface area contributed by atoms with Gasteiger partial charge in [-0.1, -0.05) is 15.9 Å². The zero-order chi connectivity index (χ0) is 13.4. The van der Waals surface area contributed by atoms with Crippen molar-refractivity contribution < 1.29 is 9.21 Å². The molecular weight excluding hydrogens is 308 g/mol. The minimum Gasteiger partial charge on any atom is -0.451 e. The van der Waals surface area contributed by atoms with Gasteiger partial charge < -0.3 is 15.1 Å². The van der Waals surface area contributed by atoms with Crippen molar-refractivity contribution in [1.82, 2.24) is 4.90 Å². The van der Waals surface area contributed by atoms with Gasteiger partial charge in [-0.05, 0) is 37.1 Å². The molecular formula is C14H15BrN2O2.